The molecule has 2 aromatic carbocycles. The molecule has 2 rings (SSSR count). The minimum atomic E-state index is -1.16. The molecule has 2 aromatic rings. The molecule has 1 unspecified atom stereocenters. The molecule has 0 heterocycles. The Balaban J connectivity index is 2.09. The van der Waals surface area contributed by atoms with E-state index in [2.05, 4.69) is 5.32 Å². The van der Waals surface area contributed by atoms with Crippen LogP contribution in [0.2, 0.25) is 0 Å². The minimum Gasteiger partial charge on any atom is -0.480 e. The fourth-order valence-corrected chi connectivity index (χ4v) is 2.40. The number of hydrogen-bond donors (Lipinski definition) is 2. The molecule has 0 saturated heterocycles. The molecule has 0 saturated carbocycles. The first-order chi connectivity index (χ1) is 12.2. The quantitative estimate of drug-likeness (QED) is 0.846. The number of carboxylic acid groups (broad SMARTS) is 1. The van der Waals surface area contributed by atoms with Crippen molar-refractivity contribution in [2.45, 2.75) is 38.8 Å². The number of nitrogens with one attached hydrogen (secondary N) is 1. The lowest BCUT2D eigenvalue weighted by Gasteiger charge is -2.22. The van der Waals surface area contributed by atoms with Crippen LogP contribution in [0.15, 0.2) is 48.5 Å². The molecule has 2 N–H and O–H groups in total. The van der Waals surface area contributed by atoms with Crippen molar-refractivity contribution in [2.24, 2.45) is 0 Å². The van der Waals surface area contributed by atoms with Crippen molar-refractivity contribution in [1.29, 1.82) is 0 Å². The summed E-state index contributed by atoms with van der Waals surface area (Å²) in [5.41, 5.74) is 1.15. The molecule has 0 aliphatic rings. The van der Waals surface area contributed by atoms with Crippen molar-refractivity contribution in [2.75, 3.05) is 0 Å². The van der Waals surface area contributed by atoms with Gasteiger partial charge in [0, 0.05) is 12.0 Å². The molecule has 0 aliphatic carbocycles. The summed E-state index contributed by atoms with van der Waals surface area (Å²) in [5.74, 6) is -1.48. The molecule has 1 amide bonds. The Bertz CT molecular complexity index is 781. The Morgan fingerprint density at radius 3 is 2.27 bits per heavy atom. The van der Waals surface area contributed by atoms with Gasteiger partial charge in [-0.2, -0.15) is 0 Å². The van der Waals surface area contributed by atoms with Gasteiger partial charge in [0.2, 0.25) is 0 Å². The van der Waals surface area contributed by atoms with E-state index in [9.17, 15) is 19.1 Å². The Hall–Kier alpha value is -2.89. The van der Waals surface area contributed by atoms with E-state index < -0.39 is 23.7 Å². The van der Waals surface area contributed by atoms with Gasteiger partial charge >= 0.3 is 12.1 Å². The van der Waals surface area contributed by atoms with Crippen LogP contribution in [-0.4, -0.2) is 28.8 Å². The van der Waals surface area contributed by atoms with Gasteiger partial charge in [0.1, 0.15) is 17.5 Å². The Morgan fingerprint density at radius 2 is 1.73 bits per heavy atom. The summed E-state index contributed by atoms with van der Waals surface area (Å²) in [5, 5.41) is 11.7. The molecular formula is C20H22FNO4. The second kappa shape index (κ2) is 7.99. The average Bonchev–Trinajstić information content (AvgIpc) is 2.54. The maximum atomic E-state index is 13.8. The van der Waals surface area contributed by atoms with Crippen molar-refractivity contribution in [3.63, 3.8) is 0 Å². The van der Waals surface area contributed by atoms with Crippen LogP contribution < -0.4 is 5.32 Å². The Morgan fingerprint density at radius 1 is 1.12 bits per heavy atom. The van der Waals surface area contributed by atoms with Crippen molar-refractivity contribution in [1.82, 2.24) is 5.32 Å². The van der Waals surface area contributed by atoms with Crippen LogP contribution in [0.1, 0.15) is 26.3 Å². The van der Waals surface area contributed by atoms with Crippen LogP contribution in [0.5, 0.6) is 0 Å². The SMILES string of the molecule is CC(C)(C)OC(=O)NC(Cc1ccc(-c2ccccc2F)cc1)C(=O)O. The number of ether oxygens (including phenoxy) is 1. The van der Waals surface area contributed by atoms with E-state index in [-0.39, 0.29) is 12.2 Å². The molecule has 1 atom stereocenters. The maximum absolute atomic E-state index is 13.8. The molecule has 0 spiro atoms. The first-order valence-electron chi connectivity index (χ1n) is 8.22. The van der Waals surface area contributed by atoms with E-state index in [1.165, 1.54) is 6.07 Å². The van der Waals surface area contributed by atoms with Crippen LogP contribution in [0.4, 0.5) is 9.18 Å². The highest BCUT2D eigenvalue weighted by molar-refractivity contribution is 5.80. The number of carbonyl (C=O) groups excluding carboxylic acids is 1. The first-order valence-corrected chi connectivity index (χ1v) is 8.22. The zero-order chi connectivity index (χ0) is 19.3. The van der Waals surface area contributed by atoms with Crippen LogP contribution in [0.25, 0.3) is 11.1 Å². The van der Waals surface area contributed by atoms with E-state index >= 15 is 0 Å². The third-order valence-electron chi connectivity index (χ3n) is 3.57. The smallest absolute Gasteiger partial charge is 0.408 e. The van der Waals surface area contributed by atoms with E-state index in [1.54, 1.807) is 63.2 Å². The van der Waals surface area contributed by atoms with Gasteiger partial charge in [-0.15, -0.1) is 0 Å². The largest absolute Gasteiger partial charge is 0.480 e. The third-order valence-corrected chi connectivity index (χ3v) is 3.57. The van der Waals surface area contributed by atoms with Crippen molar-refractivity contribution in [3.05, 3.63) is 59.9 Å². The lowest BCUT2D eigenvalue weighted by molar-refractivity contribution is -0.139. The van der Waals surface area contributed by atoms with Gasteiger partial charge < -0.3 is 15.2 Å². The van der Waals surface area contributed by atoms with Crippen LogP contribution in [0, 0.1) is 5.82 Å². The van der Waals surface area contributed by atoms with Gasteiger partial charge in [0.25, 0.3) is 0 Å². The molecule has 0 radical (unpaired) electrons. The lowest BCUT2D eigenvalue weighted by atomic mass is 10.0. The van der Waals surface area contributed by atoms with E-state index in [4.69, 9.17) is 4.74 Å². The van der Waals surface area contributed by atoms with E-state index in [0.29, 0.717) is 16.7 Å². The lowest BCUT2D eigenvalue weighted by Crippen LogP contribution is -2.44. The number of carboxylic acids is 1. The number of carbonyl (C=O) groups is 2. The number of alkyl carbamates (subject to hydrolysis) is 1. The molecule has 0 aromatic heterocycles. The fraction of sp³-hybridized carbons (Fsp3) is 0.300. The summed E-state index contributed by atoms with van der Waals surface area (Å²) < 4.78 is 18.9. The predicted molar refractivity (Wildman–Crippen MR) is 96.3 cm³/mol. The Kier molecular flexibility index (Phi) is 5.97. The predicted octanol–water partition coefficient (Wildman–Crippen LogP) is 4.01. The molecule has 5 nitrogen and oxygen atoms in total. The fourth-order valence-electron chi connectivity index (χ4n) is 2.40. The summed E-state index contributed by atoms with van der Waals surface area (Å²) in [7, 11) is 0. The molecule has 138 valence electrons. The third kappa shape index (κ3) is 5.58. The molecular weight excluding hydrogens is 337 g/mol. The molecule has 0 fully saturated rings. The average molecular weight is 359 g/mol. The minimum absolute atomic E-state index is 0.0894. The van der Waals surface area contributed by atoms with Crippen LogP contribution >= 0.6 is 0 Å². The molecule has 0 aliphatic heterocycles. The maximum Gasteiger partial charge on any atom is 0.408 e. The van der Waals surface area contributed by atoms with Crippen molar-refractivity contribution < 1.29 is 23.8 Å². The standard InChI is InChI=1S/C20H22FNO4/c1-20(2,3)26-19(25)22-17(18(23)24)12-13-8-10-14(11-9-13)15-6-4-5-7-16(15)21/h4-11,17H,12H2,1-3H3,(H,22,25)(H,23,24). The number of hydrogen-bond acceptors (Lipinski definition) is 3. The van der Waals surface area contributed by atoms with Gasteiger partial charge in [0.15, 0.2) is 0 Å². The van der Waals surface area contributed by atoms with Crippen molar-refractivity contribution in [3.8, 4) is 11.1 Å². The summed E-state index contributed by atoms with van der Waals surface area (Å²) in [4.78, 5) is 23.2. The van der Waals surface area contributed by atoms with Crippen LogP contribution in [0.3, 0.4) is 0 Å². The molecule has 0 bridgehead atoms. The number of aliphatic carboxylic acids is 1. The summed E-state index contributed by atoms with van der Waals surface area (Å²) in [6.45, 7) is 5.09. The summed E-state index contributed by atoms with van der Waals surface area (Å²) >= 11 is 0. The molecule has 26 heavy (non-hydrogen) atoms. The number of rotatable bonds is 5. The van der Waals surface area contributed by atoms with Crippen LogP contribution in [-0.2, 0) is 16.0 Å². The van der Waals surface area contributed by atoms with Crippen molar-refractivity contribution >= 4 is 12.1 Å². The zero-order valence-corrected chi connectivity index (χ0v) is 15.0. The highest BCUT2D eigenvalue weighted by Gasteiger charge is 2.24. The monoisotopic (exact) mass is 359 g/mol. The zero-order valence-electron chi connectivity index (χ0n) is 15.0. The van der Waals surface area contributed by atoms with Gasteiger partial charge in [-0.25, -0.2) is 14.0 Å². The summed E-state index contributed by atoms with van der Waals surface area (Å²) in [6, 6.07) is 12.2. The second-order valence-electron chi connectivity index (χ2n) is 6.92. The first kappa shape index (κ1) is 19.4. The normalized spacial score (nSPS) is 12.3. The second-order valence-corrected chi connectivity index (χ2v) is 6.92. The van der Waals surface area contributed by atoms with Gasteiger partial charge in [-0.3, -0.25) is 0 Å². The van der Waals surface area contributed by atoms with Gasteiger partial charge in [-0.1, -0.05) is 42.5 Å². The number of amides is 1. The highest BCUT2D eigenvalue weighted by Crippen LogP contribution is 2.23. The number of benzene rings is 2. The van der Waals surface area contributed by atoms with Gasteiger partial charge in [-0.05, 0) is 38.0 Å². The topological polar surface area (TPSA) is 75.6 Å². The van der Waals surface area contributed by atoms with E-state index in [1.807, 2.05) is 0 Å². The van der Waals surface area contributed by atoms with Gasteiger partial charge in [0.05, 0.1) is 0 Å². The van der Waals surface area contributed by atoms with E-state index in [0.717, 1.165) is 0 Å². The highest BCUT2D eigenvalue weighted by atomic mass is 19.1. The Labute approximate surface area is 151 Å². The molecule has 6 heteroatoms. The summed E-state index contributed by atoms with van der Waals surface area (Å²) in [6.07, 6.45) is -0.695. The number of halogens is 1.